The van der Waals surface area contributed by atoms with Gasteiger partial charge in [-0.3, -0.25) is 4.79 Å². The quantitative estimate of drug-likeness (QED) is 0.813. The van der Waals surface area contributed by atoms with Gasteiger partial charge in [-0.05, 0) is 5.56 Å². The number of ether oxygens (including phenoxy) is 4. The van der Waals surface area contributed by atoms with Crippen LogP contribution in [-0.2, 0) is 30.3 Å². The van der Waals surface area contributed by atoms with E-state index in [1.807, 2.05) is 30.3 Å². The average molecular weight is 296 g/mol. The van der Waals surface area contributed by atoms with Gasteiger partial charge in [-0.25, -0.2) is 0 Å². The first-order valence-corrected chi connectivity index (χ1v) is 6.77. The average Bonchev–Trinajstić information content (AvgIpc) is 2.48. The van der Waals surface area contributed by atoms with Gasteiger partial charge in [0, 0.05) is 14.0 Å². The van der Waals surface area contributed by atoms with Gasteiger partial charge >= 0.3 is 5.97 Å². The molecule has 1 aliphatic heterocycles. The lowest BCUT2D eigenvalue weighted by Crippen LogP contribution is -2.56. The van der Waals surface area contributed by atoms with Gasteiger partial charge in [0.25, 0.3) is 0 Å². The van der Waals surface area contributed by atoms with Crippen LogP contribution in [0.25, 0.3) is 0 Å². The lowest BCUT2D eigenvalue weighted by atomic mass is 10.0. The molecule has 1 N–H and O–H groups in total. The second-order valence-electron chi connectivity index (χ2n) is 4.84. The molecule has 0 aliphatic carbocycles. The van der Waals surface area contributed by atoms with Crippen molar-refractivity contribution in [1.29, 1.82) is 0 Å². The Hall–Kier alpha value is -1.47. The normalized spacial score (nSPS) is 29.1. The standard InChI is InChI=1S/C15H20O6/c1-10(16)21-14-12(9-20-15(18-2)13(14)17)19-8-11-6-4-3-5-7-11/h3-7,12-15,17H,8-9H2,1-2H3/t12-,13-,14+,15-/m1/s1. The van der Waals surface area contributed by atoms with Crippen LogP contribution in [0.15, 0.2) is 30.3 Å². The van der Waals surface area contributed by atoms with Crippen molar-refractivity contribution in [2.45, 2.75) is 38.1 Å². The van der Waals surface area contributed by atoms with Crippen molar-refractivity contribution >= 4 is 5.97 Å². The third-order valence-corrected chi connectivity index (χ3v) is 3.25. The summed E-state index contributed by atoms with van der Waals surface area (Å²) in [5.74, 6) is -0.482. The van der Waals surface area contributed by atoms with Crippen molar-refractivity contribution in [3.63, 3.8) is 0 Å². The summed E-state index contributed by atoms with van der Waals surface area (Å²) in [5.41, 5.74) is 0.988. The van der Waals surface area contributed by atoms with Crippen molar-refractivity contribution in [1.82, 2.24) is 0 Å². The first kappa shape index (κ1) is 15.9. The number of esters is 1. The summed E-state index contributed by atoms with van der Waals surface area (Å²) in [7, 11) is 1.42. The van der Waals surface area contributed by atoms with Gasteiger partial charge in [0.2, 0.25) is 0 Å². The number of hydrogen-bond acceptors (Lipinski definition) is 6. The molecule has 6 nitrogen and oxygen atoms in total. The minimum atomic E-state index is -1.09. The highest BCUT2D eigenvalue weighted by molar-refractivity contribution is 5.66. The van der Waals surface area contributed by atoms with Gasteiger partial charge in [-0.15, -0.1) is 0 Å². The van der Waals surface area contributed by atoms with Crippen molar-refractivity contribution in [3.8, 4) is 0 Å². The van der Waals surface area contributed by atoms with Gasteiger partial charge in [0.1, 0.15) is 12.2 Å². The Bertz CT molecular complexity index is 449. The minimum absolute atomic E-state index is 0.181. The molecule has 0 bridgehead atoms. The van der Waals surface area contributed by atoms with E-state index in [-0.39, 0.29) is 6.61 Å². The molecule has 1 saturated heterocycles. The Morgan fingerprint density at radius 3 is 2.71 bits per heavy atom. The smallest absolute Gasteiger partial charge is 0.303 e. The molecule has 2 rings (SSSR count). The molecule has 1 heterocycles. The molecule has 0 amide bonds. The van der Waals surface area contributed by atoms with E-state index < -0.39 is 30.6 Å². The molecule has 4 atom stereocenters. The van der Waals surface area contributed by atoms with Crippen LogP contribution >= 0.6 is 0 Å². The number of benzene rings is 1. The maximum absolute atomic E-state index is 11.2. The zero-order valence-corrected chi connectivity index (χ0v) is 12.1. The Kier molecular flexibility index (Phi) is 5.69. The number of carbonyl (C=O) groups excluding carboxylic acids is 1. The molecule has 1 fully saturated rings. The van der Waals surface area contributed by atoms with Crippen LogP contribution in [0.5, 0.6) is 0 Å². The van der Waals surface area contributed by atoms with Crippen LogP contribution in [0.3, 0.4) is 0 Å². The number of methoxy groups -OCH3 is 1. The molecule has 1 aromatic carbocycles. The maximum atomic E-state index is 11.2. The van der Waals surface area contributed by atoms with Crippen LogP contribution in [-0.4, -0.2) is 49.4 Å². The Morgan fingerprint density at radius 2 is 2.10 bits per heavy atom. The predicted octanol–water partition coefficient (Wildman–Crippen LogP) is 0.867. The summed E-state index contributed by atoms with van der Waals surface area (Å²) in [6, 6.07) is 9.60. The van der Waals surface area contributed by atoms with Crippen LogP contribution < -0.4 is 0 Å². The fourth-order valence-corrected chi connectivity index (χ4v) is 2.22. The molecule has 1 aliphatic rings. The molecule has 0 saturated carbocycles. The van der Waals surface area contributed by atoms with Crippen molar-refractivity contribution in [2.24, 2.45) is 0 Å². The molecular formula is C15H20O6. The summed E-state index contributed by atoms with van der Waals surface area (Å²) in [6.45, 7) is 1.82. The molecule has 0 aromatic heterocycles. The number of aliphatic hydroxyl groups is 1. The number of rotatable bonds is 5. The molecule has 1 aromatic rings. The Labute approximate surface area is 123 Å². The molecule has 116 valence electrons. The highest BCUT2D eigenvalue weighted by Gasteiger charge is 2.42. The first-order valence-electron chi connectivity index (χ1n) is 6.77. The first-order chi connectivity index (χ1) is 10.1. The van der Waals surface area contributed by atoms with E-state index in [9.17, 15) is 9.90 Å². The van der Waals surface area contributed by atoms with E-state index in [4.69, 9.17) is 18.9 Å². The second kappa shape index (κ2) is 7.51. The predicted molar refractivity (Wildman–Crippen MR) is 73.3 cm³/mol. The van der Waals surface area contributed by atoms with Crippen LogP contribution in [0.2, 0.25) is 0 Å². The number of aliphatic hydroxyl groups excluding tert-OH is 1. The van der Waals surface area contributed by atoms with E-state index in [1.165, 1.54) is 14.0 Å². The topological polar surface area (TPSA) is 74.2 Å². The van der Waals surface area contributed by atoms with Crippen molar-refractivity contribution < 1.29 is 28.8 Å². The molecular weight excluding hydrogens is 276 g/mol. The van der Waals surface area contributed by atoms with Crippen LogP contribution in [0, 0.1) is 0 Å². The highest BCUT2D eigenvalue weighted by Crippen LogP contribution is 2.22. The fraction of sp³-hybridized carbons (Fsp3) is 0.533. The SMILES string of the molecule is CO[C@@H]1OC[C@@H](OCc2ccccc2)[C@H](OC(C)=O)[C@H]1O. The van der Waals surface area contributed by atoms with E-state index in [0.29, 0.717) is 6.61 Å². The summed E-state index contributed by atoms with van der Waals surface area (Å²) in [4.78, 5) is 11.2. The van der Waals surface area contributed by atoms with Gasteiger partial charge in [0.15, 0.2) is 12.4 Å². The monoisotopic (exact) mass is 296 g/mol. The lowest BCUT2D eigenvalue weighted by Gasteiger charge is -2.38. The van der Waals surface area contributed by atoms with Crippen LogP contribution in [0.4, 0.5) is 0 Å². The second-order valence-corrected chi connectivity index (χ2v) is 4.84. The zero-order chi connectivity index (χ0) is 15.2. The largest absolute Gasteiger partial charge is 0.457 e. The summed E-state index contributed by atoms with van der Waals surface area (Å²) in [6.07, 6.45) is -3.28. The molecule has 0 radical (unpaired) electrons. The Morgan fingerprint density at radius 1 is 1.38 bits per heavy atom. The van der Waals surface area contributed by atoms with E-state index in [0.717, 1.165) is 5.56 Å². The van der Waals surface area contributed by atoms with Crippen molar-refractivity contribution in [3.05, 3.63) is 35.9 Å². The van der Waals surface area contributed by atoms with Gasteiger partial charge in [0.05, 0.1) is 13.2 Å². The zero-order valence-electron chi connectivity index (χ0n) is 12.1. The number of carbonyl (C=O) groups is 1. The molecule has 0 spiro atoms. The lowest BCUT2D eigenvalue weighted by molar-refractivity contribution is -0.274. The van der Waals surface area contributed by atoms with E-state index in [2.05, 4.69) is 0 Å². The third kappa shape index (κ3) is 4.25. The van der Waals surface area contributed by atoms with Crippen molar-refractivity contribution in [2.75, 3.05) is 13.7 Å². The third-order valence-electron chi connectivity index (χ3n) is 3.25. The maximum Gasteiger partial charge on any atom is 0.303 e. The minimum Gasteiger partial charge on any atom is -0.457 e. The molecule has 0 unspecified atom stereocenters. The highest BCUT2D eigenvalue weighted by atomic mass is 16.7. The van der Waals surface area contributed by atoms with E-state index >= 15 is 0 Å². The summed E-state index contributed by atoms with van der Waals surface area (Å²) < 4.78 is 21.3. The van der Waals surface area contributed by atoms with Gasteiger partial charge in [-0.2, -0.15) is 0 Å². The summed E-state index contributed by atoms with van der Waals surface area (Å²) in [5, 5.41) is 10.1. The Balaban J connectivity index is 2.00. The van der Waals surface area contributed by atoms with Crippen LogP contribution in [0.1, 0.15) is 12.5 Å². The summed E-state index contributed by atoms with van der Waals surface area (Å²) >= 11 is 0. The molecule has 21 heavy (non-hydrogen) atoms. The molecule has 6 heteroatoms. The number of hydrogen-bond donors (Lipinski definition) is 1. The fourth-order valence-electron chi connectivity index (χ4n) is 2.22. The van der Waals surface area contributed by atoms with Gasteiger partial charge in [-0.1, -0.05) is 30.3 Å². The van der Waals surface area contributed by atoms with Gasteiger partial charge < -0.3 is 24.1 Å². The van der Waals surface area contributed by atoms with E-state index in [1.54, 1.807) is 0 Å².